The molecule has 0 spiro atoms. The Hall–Kier alpha value is -2.77. The molecule has 3 amide bonds. The van der Waals surface area contributed by atoms with Crippen molar-refractivity contribution in [3.05, 3.63) is 17.7 Å². The second-order valence-corrected chi connectivity index (χ2v) is 3.75. The number of methoxy groups -OCH3 is 1. The van der Waals surface area contributed by atoms with Crippen molar-refractivity contribution in [3.63, 3.8) is 0 Å². The van der Waals surface area contributed by atoms with Gasteiger partial charge in [0, 0.05) is 5.56 Å². The Balaban J connectivity index is 2.22. The monoisotopic (exact) mass is 265 g/mol. The number of nitrogens with one attached hydrogen (secondary N) is 1. The van der Waals surface area contributed by atoms with E-state index in [0.717, 1.165) is 5.01 Å². The summed E-state index contributed by atoms with van der Waals surface area (Å²) >= 11 is 0. The second-order valence-electron chi connectivity index (χ2n) is 3.75. The number of aromatic hydroxyl groups is 2. The van der Waals surface area contributed by atoms with Gasteiger partial charge >= 0.3 is 6.03 Å². The van der Waals surface area contributed by atoms with Crippen LogP contribution in [0, 0.1) is 0 Å². The first kappa shape index (κ1) is 12.7. The maximum absolute atomic E-state index is 11.2. The van der Waals surface area contributed by atoms with E-state index < -0.39 is 11.9 Å². The van der Waals surface area contributed by atoms with Crippen LogP contribution < -0.4 is 10.1 Å². The highest BCUT2D eigenvalue weighted by Crippen LogP contribution is 2.35. The van der Waals surface area contributed by atoms with E-state index in [1.54, 1.807) is 0 Å². The summed E-state index contributed by atoms with van der Waals surface area (Å²) in [5.74, 6) is -1.12. The standard InChI is InChI=1S/C11H11N3O5/c1-19-8-3-6(2-7(15)10(8)17)4-12-14-5-9(16)13-11(14)18/h2-4,15,17H,5H2,1H3,(H,13,16,18)/b12-4+. The fourth-order valence-corrected chi connectivity index (χ4v) is 1.50. The molecule has 8 heteroatoms. The summed E-state index contributed by atoms with van der Waals surface area (Å²) in [6, 6.07) is 2.06. The van der Waals surface area contributed by atoms with Gasteiger partial charge in [-0.2, -0.15) is 5.10 Å². The molecular weight excluding hydrogens is 254 g/mol. The number of phenolic OH excluding ortho intramolecular Hbond substituents is 2. The molecule has 1 aromatic carbocycles. The van der Waals surface area contributed by atoms with Crippen molar-refractivity contribution in [3.8, 4) is 17.2 Å². The van der Waals surface area contributed by atoms with Gasteiger partial charge in [0.05, 0.1) is 13.3 Å². The fourth-order valence-electron chi connectivity index (χ4n) is 1.50. The van der Waals surface area contributed by atoms with E-state index in [9.17, 15) is 19.8 Å². The quantitative estimate of drug-likeness (QED) is 0.404. The number of hydrazone groups is 1. The summed E-state index contributed by atoms with van der Waals surface area (Å²) in [4.78, 5) is 22.2. The van der Waals surface area contributed by atoms with Crippen molar-refractivity contribution >= 4 is 18.2 Å². The molecule has 0 aliphatic carbocycles. The van der Waals surface area contributed by atoms with E-state index in [1.165, 1.54) is 25.5 Å². The maximum atomic E-state index is 11.2. The number of ether oxygens (including phenoxy) is 1. The largest absolute Gasteiger partial charge is 0.504 e. The molecule has 2 rings (SSSR count). The van der Waals surface area contributed by atoms with Crippen LogP contribution >= 0.6 is 0 Å². The van der Waals surface area contributed by atoms with Gasteiger partial charge in [-0.15, -0.1) is 0 Å². The predicted molar refractivity (Wildman–Crippen MR) is 64.2 cm³/mol. The average molecular weight is 265 g/mol. The predicted octanol–water partition coefficient (Wildman–Crippen LogP) is -0.00790. The zero-order valence-electron chi connectivity index (χ0n) is 9.95. The van der Waals surface area contributed by atoms with Gasteiger partial charge in [0.25, 0.3) is 0 Å². The molecule has 1 heterocycles. The van der Waals surface area contributed by atoms with Crippen molar-refractivity contribution < 1.29 is 24.5 Å². The van der Waals surface area contributed by atoms with Crippen molar-refractivity contribution in [2.75, 3.05) is 13.7 Å². The molecule has 3 N–H and O–H groups in total. The Bertz CT molecular complexity index is 570. The molecule has 0 bridgehead atoms. The highest BCUT2D eigenvalue weighted by Gasteiger charge is 2.25. The van der Waals surface area contributed by atoms with Crippen LogP contribution in [-0.2, 0) is 4.79 Å². The van der Waals surface area contributed by atoms with Crippen LogP contribution in [0.15, 0.2) is 17.2 Å². The first-order valence-electron chi connectivity index (χ1n) is 5.26. The first-order valence-corrected chi connectivity index (χ1v) is 5.26. The van der Waals surface area contributed by atoms with Crippen molar-refractivity contribution in [2.24, 2.45) is 5.10 Å². The van der Waals surface area contributed by atoms with Gasteiger partial charge in [0.1, 0.15) is 6.54 Å². The van der Waals surface area contributed by atoms with E-state index in [0.29, 0.717) is 5.56 Å². The summed E-state index contributed by atoms with van der Waals surface area (Å²) in [6.07, 6.45) is 1.26. The number of benzene rings is 1. The molecule has 1 saturated heterocycles. The van der Waals surface area contributed by atoms with E-state index in [-0.39, 0.29) is 23.8 Å². The fraction of sp³-hybridized carbons (Fsp3) is 0.182. The molecule has 8 nitrogen and oxygen atoms in total. The molecular formula is C11H11N3O5. The zero-order chi connectivity index (χ0) is 14.0. The molecule has 19 heavy (non-hydrogen) atoms. The number of hydrogen-bond donors (Lipinski definition) is 3. The Morgan fingerprint density at radius 3 is 2.74 bits per heavy atom. The van der Waals surface area contributed by atoms with Gasteiger partial charge in [0.2, 0.25) is 11.7 Å². The normalized spacial score (nSPS) is 15.1. The molecule has 1 aliphatic rings. The van der Waals surface area contributed by atoms with Crippen LogP contribution in [0.4, 0.5) is 4.79 Å². The summed E-state index contributed by atoms with van der Waals surface area (Å²) in [7, 11) is 1.34. The van der Waals surface area contributed by atoms with Gasteiger partial charge in [-0.3, -0.25) is 10.1 Å². The third-order valence-electron chi connectivity index (χ3n) is 2.42. The van der Waals surface area contributed by atoms with E-state index in [2.05, 4.69) is 10.4 Å². The maximum Gasteiger partial charge on any atom is 0.344 e. The van der Waals surface area contributed by atoms with E-state index >= 15 is 0 Å². The average Bonchev–Trinajstić information content (AvgIpc) is 2.69. The molecule has 100 valence electrons. The Morgan fingerprint density at radius 2 is 2.16 bits per heavy atom. The molecule has 1 aliphatic heterocycles. The minimum atomic E-state index is -0.615. The lowest BCUT2D eigenvalue weighted by Gasteiger charge is -2.07. The number of phenols is 2. The number of urea groups is 1. The molecule has 0 saturated carbocycles. The van der Waals surface area contributed by atoms with E-state index in [1.807, 2.05) is 0 Å². The number of imide groups is 1. The molecule has 0 aromatic heterocycles. The van der Waals surface area contributed by atoms with Gasteiger partial charge < -0.3 is 14.9 Å². The molecule has 0 unspecified atom stereocenters. The van der Waals surface area contributed by atoms with Crippen LogP contribution in [0.3, 0.4) is 0 Å². The highest BCUT2D eigenvalue weighted by atomic mass is 16.5. The lowest BCUT2D eigenvalue weighted by Crippen LogP contribution is -2.24. The number of amides is 3. The van der Waals surface area contributed by atoms with Crippen molar-refractivity contribution in [1.82, 2.24) is 10.3 Å². The summed E-state index contributed by atoms with van der Waals surface area (Å²) in [5, 5.41) is 25.7. The first-order chi connectivity index (χ1) is 9.01. The Kier molecular flexibility index (Phi) is 3.23. The molecule has 1 aromatic rings. The summed E-state index contributed by atoms with van der Waals surface area (Å²) in [6.45, 7) is -0.156. The summed E-state index contributed by atoms with van der Waals surface area (Å²) < 4.78 is 4.86. The zero-order valence-corrected chi connectivity index (χ0v) is 9.95. The van der Waals surface area contributed by atoms with Crippen LogP contribution in [0.1, 0.15) is 5.56 Å². The van der Waals surface area contributed by atoms with Crippen LogP contribution in [0.5, 0.6) is 17.2 Å². The van der Waals surface area contributed by atoms with E-state index in [4.69, 9.17) is 4.74 Å². The number of rotatable bonds is 3. The third kappa shape index (κ3) is 2.57. The number of carbonyl (C=O) groups excluding carboxylic acids is 2. The SMILES string of the molecule is COc1cc(/C=N/N2CC(=O)NC2=O)cc(O)c1O. The summed E-state index contributed by atoms with van der Waals surface area (Å²) in [5.41, 5.74) is 0.402. The van der Waals surface area contributed by atoms with Crippen molar-refractivity contribution in [1.29, 1.82) is 0 Å². The topological polar surface area (TPSA) is 111 Å². The van der Waals surface area contributed by atoms with Gasteiger partial charge in [-0.1, -0.05) is 0 Å². The molecule has 0 radical (unpaired) electrons. The van der Waals surface area contributed by atoms with Gasteiger partial charge in [-0.05, 0) is 12.1 Å². The minimum absolute atomic E-state index is 0.0726. The van der Waals surface area contributed by atoms with Crippen LogP contribution in [0.25, 0.3) is 0 Å². The van der Waals surface area contributed by atoms with Crippen LogP contribution in [-0.4, -0.2) is 47.0 Å². The Morgan fingerprint density at radius 1 is 1.42 bits per heavy atom. The van der Waals surface area contributed by atoms with Crippen LogP contribution in [0.2, 0.25) is 0 Å². The van der Waals surface area contributed by atoms with Gasteiger partial charge in [0.15, 0.2) is 11.5 Å². The lowest BCUT2D eigenvalue weighted by atomic mass is 10.2. The third-order valence-corrected chi connectivity index (χ3v) is 2.42. The second kappa shape index (κ2) is 4.84. The highest BCUT2D eigenvalue weighted by molar-refractivity contribution is 6.02. The smallest absolute Gasteiger partial charge is 0.344 e. The minimum Gasteiger partial charge on any atom is -0.504 e. The van der Waals surface area contributed by atoms with Gasteiger partial charge in [-0.25, -0.2) is 9.80 Å². The lowest BCUT2D eigenvalue weighted by molar-refractivity contribution is -0.118. The van der Waals surface area contributed by atoms with Crippen molar-refractivity contribution in [2.45, 2.75) is 0 Å². The molecule has 0 atom stereocenters. The molecule has 1 fully saturated rings. The number of nitrogens with zero attached hydrogens (tertiary/aromatic N) is 2. The number of carbonyl (C=O) groups is 2. The number of hydrogen-bond acceptors (Lipinski definition) is 6. The Labute approximate surface area is 107 Å².